The molecule has 112 valence electrons. The molecule has 2 N–H and O–H groups in total. The molecule has 4 nitrogen and oxygen atoms in total. The van der Waals surface area contributed by atoms with Crippen molar-refractivity contribution in [2.75, 3.05) is 6.54 Å². The number of aliphatic hydroxyl groups is 1. The molecular weight excluding hydrogens is 286 g/mol. The summed E-state index contributed by atoms with van der Waals surface area (Å²) < 4.78 is 5.39. The molecule has 1 saturated carbocycles. The van der Waals surface area contributed by atoms with E-state index in [9.17, 15) is 9.90 Å². The molecule has 1 amide bonds. The van der Waals surface area contributed by atoms with E-state index in [1.807, 2.05) is 17.5 Å². The van der Waals surface area contributed by atoms with Crippen LogP contribution in [-0.2, 0) is 10.4 Å². The van der Waals surface area contributed by atoms with Crippen LogP contribution in [0.3, 0.4) is 0 Å². The Bertz CT molecular complexity index is 536. The maximum atomic E-state index is 12.2. The largest absolute Gasteiger partial charge is 0.466 e. The van der Waals surface area contributed by atoms with Gasteiger partial charge in [-0.25, -0.2) is 0 Å². The summed E-state index contributed by atoms with van der Waals surface area (Å²) >= 11 is 1.45. The number of rotatable bonds is 5. The fourth-order valence-corrected chi connectivity index (χ4v) is 3.70. The molecule has 5 heteroatoms. The van der Waals surface area contributed by atoms with Gasteiger partial charge in [-0.05, 0) is 36.4 Å². The van der Waals surface area contributed by atoms with Gasteiger partial charge in [0.05, 0.1) is 12.8 Å². The van der Waals surface area contributed by atoms with E-state index in [0.29, 0.717) is 5.76 Å². The van der Waals surface area contributed by atoms with Crippen molar-refractivity contribution in [3.05, 3.63) is 46.5 Å². The molecule has 1 unspecified atom stereocenters. The standard InChI is InChI=1S/C16H19NO3S/c18-15(12-5-1-2-6-12)17-11-16(19,13-7-3-9-20-13)14-8-4-10-21-14/h3-4,7-10,12,19H,1-2,5-6,11H2,(H,17,18). The first-order chi connectivity index (χ1) is 10.2. The summed E-state index contributed by atoms with van der Waals surface area (Å²) in [5.74, 6) is 0.583. The summed E-state index contributed by atoms with van der Waals surface area (Å²) in [5.41, 5.74) is -1.30. The zero-order valence-corrected chi connectivity index (χ0v) is 12.6. The molecule has 1 atom stereocenters. The molecule has 2 aromatic heterocycles. The minimum Gasteiger partial charge on any atom is -0.466 e. The van der Waals surface area contributed by atoms with Crippen LogP contribution in [0.2, 0.25) is 0 Å². The van der Waals surface area contributed by atoms with E-state index < -0.39 is 5.60 Å². The summed E-state index contributed by atoms with van der Waals surface area (Å²) in [6.45, 7) is 0.135. The average molecular weight is 305 g/mol. The third-order valence-corrected chi connectivity index (χ3v) is 5.12. The minimum atomic E-state index is -1.30. The van der Waals surface area contributed by atoms with Crippen molar-refractivity contribution in [3.63, 3.8) is 0 Å². The number of nitrogens with one attached hydrogen (secondary N) is 1. The van der Waals surface area contributed by atoms with Gasteiger partial charge in [-0.2, -0.15) is 0 Å². The lowest BCUT2D eigenvalue weighted by Gasteiger charge is -2.26. The Morgan fingerprint density at radius 3 is 2.81 bits per heavy atom. The lowest BCUT2D eigenvalue weighted by molar-refractivity contribution is -0.125. The molecule has 0 spiro atoms. The number of hydrogen-bond donors (Lipinski definition) is 2. The number of hydrogen-bond acceptors (Lipinski definition) is 4. The SMILES string of the molecule is O=C(NCC(O)(c1ccco1)c1cccs1)C1CCCC1. The number of thiophene rings is 1. The van der Waals surface area contributed by atoms with Crippen molar-refractivity contribution < 1.29 is 14.3 Å². The zero-order chi connectivity index (χ0) is 14.7. The molecule has 0 aliphatic heterocycles. The van der Waals surface area contributed by atoms with Crippen molar-refractivity contribution in [3.8, 4) is 0 Å². The Hall–Kier alpha value is -1.59. The summed E-state index contributed by atoms with van der Waals surface area (Å²) in [5, 5.41) is 15.8. The van der Waals surface area contributed by atoms with E-state index in [1.54, 1.807) is 12.1 Å². The Balaban J connectivity index is 1.76. The van der Waals surface area contributed by atoms with Crippen molar-refractivity contribution in [2.45, 2.75) is 31.3 Å². The quantitative estimate of drug-likeness (QED) is 0.893. The van der Waals surface area contributed by atoms with Crippen LogP contribution < -0.4 is 5.32 Å². The van der Waals surface area contributed by atoms with E-state index in [0.717, 1.165) is 30.6 Å². The fourth-order valence-electron chi connectivity index (χ4n) is 2.87. The molecule has 0 bridgehead atoms. The van der Waals surface area contributed by atoms with Gasteiger partial charge in [-0.3, -0.25) is 4.79 Å². The van der Waals surface area contributed by atoms with Crippen LogP contribution in [-0.4, -0.2) is 17.6 Å². The van der Waals surface area contributed by atoms with Crippen LogP contribution in [0.4, 0.5) is 0 Å². The Kier molecular flexibility index (Phi) is 4.12. The molecule has 0 saturated heterocycles. The maximum Gasteiger partial charge on any atom is 0.223 e. The van der Waals surface area contributed by atoms with Crippen LogP contribution in [0.5, 0.6) is 0 Å². The molecular formula is C16H19NO3S. The third-order valence-electron chi connectivity index (χ3n) is 4.10. The number of carbonyl (C=O) groups is 1. The van der Waals surface area contributed by atoms with Gasteiger partial charge in [0, 0.05) is 10.8 Å². The van der Waals surface area contributed by atoms with Crippen LogP contribution >= 0.6 is 11.3 Å². The smallest absolute Gasteiger partial charge is 0.223 e. The van der Waals surface area contributed by atoms with Gasteiger partial charge in [-0.15, -0.1) is 11.3 Å². The van der Waals surface area contributed by atoms with Gasteiger partial charge in [-0.1, -0.05) is 18.9 Å². The monoisotopic (exact) mass is 305 g/mol. The van der Waals surface area contributed by atoms with Gasteiger partial charge in [0.1, 0.15) is 5.76 Å². The molecule has 0 radical (unpaired) electrons. The van der Waals surface area contributed by atoms with Crippen LogP contribution in [0.25, 0.3) is 0 Å². The third kappa shape index (κ3) is 2.89. The average Bonchev–Trinajstić information content (AvgIpc) is 3.27. The maximum absolute atomic E-state index is 12.2. The van der Waals surface area contributed by atoms with Gasteiger partial charge in [0.15, 0.2) is 5.60 Å². The molecule has 0 aromatic carbocycles. The normalized spacial score (nSPS) is 18.5. The van der Waals surface area contributed by atoms with E-state index in [1.165, 1.54) is 17.6 Å². The van der Waals surface area contributed by atoms with Gasteiger partial charge >= 0.3 is 0 Å². The number of furan rings is 1. The summed E-state index contributed by atoms with van der Waals surface area (Å²) in [6, 6.07) is 7.22. The highest BCUT2D eigenvalue weighted by molar-refractivity contribution is 7.10. The van der Waals surface area contributed by atoms with Crippen molar-refractivity contribution in [1.29, 1.82) is 0 Å². The topological polar surface area (TPSA) is 62.5 Å². The van der Waals surface area contributed by atoms with E-state index in [-0.39, 0.29) is 18.4 Å². The summed E-state index contributed by atoms with van der Waals surface area (Å²) in [7, 11) is 0. The summed E-state index contributed by atoms with van der Waals surface area (Å²) in [6.07, 6.45) is 5.66. The van der Waals surface area contributed by atoms with Gasteiger partial charge < -0.3 is 14.8 Å². The Labute approximate surface area is 127 Å². The van der Waals surface area contributed by atoms with Gasteiger partial charge in [0.2, 0.25) is 5.91 Å². The minimum absolute atomic E-state index is 0.0361. The highest BCUT2D eigenvalue weighted by Gasteiger charge is 2.36. The fraction of sp³-hybridized carbons (Fsp3) is 0.438. The Morgan fingerprint density at radius 1 is 1.38 bits per heavy atom. The molecule has 1 aliphatic carbocycles. The van der Waals surface area contributed by atoms with Gasteiger partial charge in [0.25, 0.3) is 0 Å². The summed E-state index contributed by atoms with van der Waals surface area (Å²) in [4.78, 5) is 12.9. The van der Waals surface area contributed by atoms with E-state index in [4.69, 9.17) is 4.42 Å². The Morgan fingerprint density at radius 2 is 2.19 bits per heavy atom. The molecule has 3 rings (SSSR count). The lowest BCUT2D eigenvalue weighted by atomic mass is 9.98. The second kappa shape index (κ2) is 6.03. The molecule has 2 heterocycles. The lowest BCUT2D eigenvalue weighted by Crippen LogP contribution is -2.42. The van der Waals surface area contributed by atoms with Crippen LogP contribution in [0.15, 0.2) is 40.3 Å². The van der Waals surface area contributed by atoms with E-state index in [2.05, 4.69) is 5.32 Å². The second-order valence-corrected chi connectivity index (χ2v) is 6.46. The highest BCUT2D eigenvalue weighted by Crippen LogP contribution is 2.33. The van der Waals surface area contributed by atoms with Crippen LogP contribution in [0, 0.1) is 5.92 Å². The molecule has 1 fully saturated rings. The predicted molar refractivity (Wildman–Crippen MR) is 81.0 cm³/mol. The van der Waals surface area contributed by atoms with Crippen molar-refractivity contribution >= 4 is 17.2 Å². The zero-order valence-electron chi connectivity index (χ0n) is 11.7. The highest BCUT2D eigenvalue weighted by atomic mass is 32.1. The predicted octanol–water partition coefficient (Wildman–Crippen LogP) is 2.88. The van der Waals surface area contributed by atoms with Crippen molar-refractivity contribution in [1.82, 2.24) is 5.32 Å². The molecule has 1 aliphatic rings. The number of amides is 1. The first-order valence-electron chi connectivity index (χ1n) is 7.28. The van der Waals surface area contributed by atoms with Crippen LogP contribution in [0.1, 0.15) is 36.3 Å². The molecule has 21 heavy (non-hydrogen) atoms. The number of carbonyl (C=O) groups excluding carboxylic acids is 1. The second-order valence-electron chi connectivity index (χ2n) is 5.51. The van der Waals surface area contributed by atoms with E-state index >= 15 is 0 Å². The first kappa shape index (κ1) is 14.4. The molecule has 2 aromatic rings. The van der Waals surface area contributed by atoms with Crippen molar-refractivity contribution in [2.24, 2.45) is 5.92 Å². The first-order valence-corrected chi connectivity index (χ1v) is 8.16.